The van der Waals surface area contributed by atoms with Crippen LogP contribution in [0.5, 0.6) is 11.5 Å². The molecule has 1 aromatic heterocycles. The summed E-state index contributed by atoms with van der Waals surface area (Å²) in [5, 5.41) is 22.7. The first-order chi connectivity index (χ1) is 10.2. The molecule has 0 radical (unpaired) electrons. The van der Waals surface area contributed by atoms with E-state index < -0.39 is 0 Å². The van der Waals surface area contributed by atoms with Crippen LogP contribution >= 0.6 is 0 Å². The molecule has 0 atom stereocenters. The molecule has 1 heterocycles. The van der Waals surface area contributed by atoms with Crippen molar-refractivity contribution in [3.05, 3.63) is 47.3 Å². The largest absolute Gasteiger partial charge is 0.506 e. The molecule has 0 bridgehead atoms. The van der Waals surface area contributed by atoms with Gasteiger partial charge >= 0.3 is 0 Å². The summed E-state index contributed by atoms with van der Waals surface area (Å²) < 4.78 is 5.55. The summed E-state index contributed by atoms with van der Waals surface area (Å²) in [5.41, 5.74) is 2.65. The molecule has 0 saturated carbocycles. The van der Waals surface area contributed by atoms with Crippen LogP contribution in [-0.2, 0) is 13.2 Å². The lowest BCUT2D eigenvalue weighted by Gasteiger charge is -2.15. The lowest BCUT2D eigenvalue weighted by Crippen LogP contribution is -2.07. The molecular weight excluding hydrogens is 268 g/mol. The Morgan fingerprint density at radius 2 is 2.05 bits per heavy atom. The molecule has 2 rings (SSSR count). The van der Waals surface area contributed by atoms with Gasteiger partial charge in [-0.25, -0.2) is 0 Å². The summed E-state index contributed by atoms with van der Waals surface area (Å²) in [7, 11) is 0. The molecule has 112 valence electrons. The van der Waals surface area contributed by atoms with Gasteiger partial charge in [-0.05, 0) is 26.0 Å². The fourth-order valence-corrected chi connectivity index (χ4v) is 2.10. The van der Waals surface area contributed by atoms with Crippen LogP contribution in [0.4, 0.5) is 5.69 Å². The second kappa shape index (κ2) is 6.95. The van der Waals surface area contributed by atoms with Crippen molar-refractivity contribution in [2.75, 3.05) is 11.9 Å². The Balaban J connectivity index is 2.22. The number of aliphatic hydroxyl groups excluding tert-OH is 1. The second-order valence-electron chi connectivity index (χ2n) is 4.64. The third-order valence-corrected chi connectivity index (χ3v) is 3.24. The van der Waals surface area contributed by atoms with Gasteiger partial charge in [-0.15, -0.1) is 0 Å². The minimum absolute atomic E-state index is 0.114. The van der Waals surface area contributed by atoms with Crippen LogP contribution in [0.15, 0.2) is 30.5 Å². The molecule has 0 amide bonds. The van der Waals surface area contributed by atoms with Crippen LogP contribution in [0.3, 0.4) is 0 Å². The number of ether oxygens (including phenoxy) is 1. The normalized spacial score (nSPS) is 10.4. The number of benzene rings is 1. The maximum absolute atomic E-state index is 10.1. The van der Waals surface area contributed by atoms with Gasteiger partial charge in [0.25, 0.3) is 0 Å². The van der Waals surface area contributed by atoms with E-state index in [9.17, 15) is 10.2 Å². The zero-order chi connectivity index (χ0) is 15.2. The average molecular weight is 288 g/mol. The molecule has 0 aliphatic carbocycles. The number of nitrogens with one attached hydrogen (secondary N) is 1. The summed E-state index contributed by atoms with van der Waals surface area (Å²) in [6, 6.07) is 7.62. The lowest BCUT2D eigenvalue weighted by molar-refractivity contribution is 0.279. The quantitative estimate of drug-likeness (QED) is 0.762. The van der Waals surface area contributed by atoms with E-state index >= 15 is 0 Å². The van der Waals surface area contributed by atoms with Gasteiger partial charge in [-0.1, -0.05) is 12.1 Å². The first kappa shape index (κ1) is 15.1. The third-order valence-electron chi connectivity index (χ3n) is 3.24. The van der Waals surface area contributed by atoms with Crippen molar-refractivity contribution in [3.8, 4) is 11.5 Å². The minimum atomic E-state index is -0.162. The van der Waals surface area contributed by atoms with Gasteiger partial charge in [-0.2, -0.15) is 0 Å². The van der Waals surface area contributed by atoms with Crippen LogP contribution in [-0.4, -0.2) is 21.8 Å². The Morgan fingerprint density at radius 1 is 1.29 bits per heavy atom. The highest BCUT2D eigenvalue weighted by Gasteiger charge is 2.12. The first-order valence-corrected chi connectivity index (χ1v) is 6.90. The summed E-state index contributed by atoms with van der Waals surface area (Å²) in [5.74, 6) is 0.874. The molecule has 0 fully saturated rings. The first-order valence-electron chi connectivity index (χ1n) is 6.90. The number of pyridine rings is 1. The number of nitrogens with zero attached hydrogens (tertiary/aromatic N) is 1. The van der Waals surface area contributed by atoms with E-state index in [0.29, 0.717) is 30.0 Å². The van der Waals surface area contributed by atoms with Crippen molar-refractivity contribution >= 4 is 5.69 Å². The maximum atomic E-state index is 10.1. The molecule has 5 nitrogen and oxygen atoms in total. The van der Waals surface area contributed by atoms with E-state index in [1.807, 2.05) is 31.2 Å². The summed E-state index contributed by atoms with van der Waals surface area (Å²) >= 11 is 0. The Labute approximate surface area is 124 Å². The monoisotopic (exact) mass is 288 g/mol. The molecule has 5 heteroatoms. The van der Waals surface area contributed by atoms with Gasteiger partial charge in [0.2, 0.25) is 0 Å². The minimum Gasteiger partial charge on any atom is -0.506 e. The predicted octanol–water partition coefficient (Wildman–Crippen LogP) is 2.60. The highest BCUT2D eigenvalue weighted by Crippen LogP contribution is 2.28. The average Bonchev–Trinajstić information content (AvgIpc) is 2.50. The second-order valence-corrected chi connectivity index (χ2v) is 4.64. The number of hydrogen-bond donors (Lipinski definition) is 3. The topological polar surface area (TPSA) is 74.6 Å². The Hall–Kier alpha value is -2.27. The molecule has 0 aliphatic rings. The summed E-state index contributed by atoms with van der Waals surface area (Å²) in [6.07, 6.45) is 1.58. The van der Waals surface area contributed by atoms with Crippen LogP contribution in [0.2, 0.25) is 0 Å². The SMILES string of the molecule is CCOc1ccccc1NCc1c(CO)cnc(C)c1O. The Bertz CT molecular complexity index is 614. The maximum Gasteiger partial charge on any atom is 0.142 e. The lowest BCUT2D eigenvalue weighted by atomic mass is 10.1. The van der Waals surface area contributed by atoms with Gasteiger partial charge in [0.15, 0.2) is 0 Å². The van der Waals surface area contributed by atoms with Crippen molar-refractivity contribution in [3.63, 3.8) is 0 Å². The number of aryl methyl sites for hydroxylation is 1. The van der Waals surface area contributed by atoms with Crippen molar-refractivity contribution in [1.29, 1.82) is 0 Å². The molecule has 21 heavy (non-hydrogen) atoms. The van der Waals surface area contributed by atoms with Crippen LogP contribution in [0.1, 0.15) is 23.7 Å². The Kier molecular flexibility index (Phi) is 5.00. The van der Waals surface area contributed by atoms with Gasteiger partial charge in [0.05, 0.1) is 24.6 Å². The number of aromatic nitrogens is 1. The molecule has 0 spiro atoms. The van der Waals surface area contributed by atoms with Crippen LogP contribution < -0.4 is 10.1 Å². The fourth-order valence-electron chi connectivity index (χ4n) is 2.10. The van der Waals surface area contributed by atoms with Crippen LogP contribution in [0, 0.1) is 6.92 Å². The van der Waals surface area contributed by atoms with Crippen molar-refractivity contribution in [2.45, 2.75) is 27.0 Å². The smallest absolute Gasteiger partial charge is 0.142 e. The molecule has 1 aromatic carbocycles. The zero-order valence-electron chi connectivity index (χ0n) is 12.3. The zero-order valence-corrected chi connectivity index (χ0v) is 12.3. The number of para-hydroxylation sites is 2. The molecule has 2 aromatic rings. The van der Waals surface area contributed by atoms with E-state index in [1.54, 1.807) is 13.1 Å². The standard InChI is InChI=1S/C16H20N2O3/c1-3-21-15-7-5-4-6-14(15)18-9-13-12(10-19)8-17-11(2)16(13)20/h4-8,18-20H,3,9-10H2,1-2H3. The van der Waals surface area contributed by atoms with Gasteiger partial charge < -0.3 is 20.3 Å². The van der Waals surface area contributed by atoms with Gasteiger partial charge in [0.1, 0.15) is 11.5 Å². The summed E-state index contributed by atoms with van der Waals surface area (Å²) in [4.78, 5) is 4.05. The highest BCUT2D eigenvalue weighted by atomic mass is 16.5. The number of hydrogen-bond acceptors (Lipinski definition) is 5. The van der Waals surface area contributed by atoms with E-state index in [-0.39, 0.29) is 12.4 Å². The van der Waals surface area contributed by atoms with Crippen molar-refractivity contribution < 1.29 is 14.9 Å². The Morgan fingerprint density at radius 3 is 2.76 bits per heavy atom. The summed E-state index contributed by atoms with van der Waals surface area (Å²) in [6.45, 7) is 4.47. The van der Waals surface area contributed by atoms with E-state index in [4.69, 9.17) is 4.74 Å². The fraction of sp³-hybridized carbons (Fsp3) is 0.312. The van der Waals surface area contributed by atoms with Gasteiger partial charge in [-0.3, -0.25) is 4.98 Å². The molecular formula is C16H20N2O3. The highest BCUT2D eigenvalue weighted by molar-refractivity contribution is 5.57. The molecule has 3 N–H and O–H groups in total. The van der Waals surface area contributed by atoms with E-state index in [0.717, 1.165) is 11.4 Å². The number of aliphatic hydroxyl groups is 1. The number of aromatic hydroxyl groups is 1. The van der Waals surface area contributed by atoms with Gasteiger partial charge in [0, 0.05) is 23.9 Å². The molecule has 0 aliphatic heterocycles. The molecule has 0 unspecified atom stereocenters. The van der Waals surface area contributed by atoms with E-state index in [1.165, 1.54) is 0 Å². The molecule has 0 saturated heterocycles. The van der Waals surface area contributed by atoms with Crippen LogP contribution in [0.25, 0.3) is 0 Å². The van der Waals surface area contributed by atoms with Crippen molar-refractivity contribution in [2.24, 2.45) is 0 Å². The van der Waals surface area contributed by atoms with Crippen molar-refractivity contribution in [1.82, 2.24) is 4.98 Å². The predicted molar refractivity (Wildman–Crippen MR) is 81.5 cm³/mol. The van der Waals surface area contributed by atoms with E-state index in [2.05, 4.69) is 10.3 Å². The number of rotatable bonds is 6. The number of anilines is 1. The third kappa shape index (κ3) is 3.44.